The van der Waals surface area contributed by atoms with Crippen molar-refractivity contribution in [2.45, 2.75) is 26.0 Å². The van der Waals surface area contributed by atoms with E-state index in [-0.39, 0.29) is 12.6 Å². The topological polar surface area (TPSA) is 61.7 Å². The molecule has 0 bridgehead atoms. The van der Waals surface area contributed by atoms with E-state index in [0.29, 0.717) is 13.2 Å². The van der Waals surface area contributed by atoms with Gasteiger partial charge >= 0.3 is 0 Å². The first-order valence-corrected chi connectivity index (χ1v) is 5.93. The molecule has 96 valence electrons. The van der Waals surface area contributed by atoms with Crippen LogP contribution in [0.15, 0.2) is 24.3 Å². The summed E-state index contributed by atoms with van der Waals surface area (Å²) in [6.45, 7) is 4.71. The smallest absolute Gasteiger partial charge is 0.124 e. The molecule has 3 N–H and O–H groups in total. The maximum Gasteiger partial charge on any atom is 0.124 e. The third-order valence-electron chi connectivity index (χ3n) is 2.56. The molecule has 1 aromatic rings. The van der Waals surface area contributed by atoms with Crippen molar-refractivity contribution in [3.63, 3.8) is 0 Å². The van der Waals surface area contributed by atoms with Crippen LogP contribution in [0.2, 0.25) is 0 Å². The normalized spacial score (nSPS) is 14.4. The molecule has 1 rings (SSSR count). The minimum Gasteiger partial charge on any atom is -0.494 e. The zero-order valence-corrected chi connectivity index (χ0v) is 10.4. The SMILES string of the molecule is CCOc1ccccc1C(C)NCC(O)CO. The number of rotatable bonds is 7. The van der Waals surface area contributed by atoms with Gasteiger partial charge in [0, 0.05) is 18.2 Å². The van der Waals surface area contributed by atoms with Crippen LogP contribution < -0.4 is 10.1 Å². The minimum atomic E-state index is -0.725. The molecule has 0 aliphatic heterocycles. The lowest BCUT2D eigenvalue weighted by Gasteiger charge is -2.19. The fourth-order valence-corrected chi connectivity index (χ4v) is 1.61. The van der Waals surface area contributed by atoms with E-state index in [9.17, 15) is 5.11 Å². The summed E-state index contributed by atoms with van der Waals surface area (Å²) in [6.07, 6.45) is -0.725. The Hall–Kier alpha value is -1.10. The summed E-state index contributed by atoms with van der Waals surface area (Å²) in [7, 11) is 0. The highest BCUT2D eigenvalue weighted by molar-refractivity contribution is 5.35. The molecule has 2 atom stereocenters. The Kier molecular flexibility index (Phi) is 5.97. The Morgan fingerprint density at radius 1 is 1.35 bits per heavy atom. The number of aliphatic hydroxyl groups is 2. The Morgan fingerprint density at radius 3 is 2.71 bits per heavy atom. The van der Waals surface area contributed by atoms with E-state index in [0.717, 1.165) is 11.3 Å². The van der Waals surface area contributed by atoms with Crippen LogP contribution in [0, 0.1) is 0 Å². The molecule has 0 aliphatic rings. The summed E-state index contributed by atoms with van der Waals surface area (Å²) in [5.41, 5.74) is 1.06. The molecule has 17 heavy (non-hydrogen) atoms. The van der Waals surface area contributed by atoms with Crippen molar-refractivity contribution in [2.75, 3.05) is 19.8 Å². The van der Waals surface area contributed by atoms with Crippen LogP contribution in [0.5, 0.6) is 5.75 Å². The van der Waals surface area contributed by atoms with Crippen LogP contribution >= 0.6 is 0 Å². The Balaban J connectivity index is 2.64. The molecule has 2 unspecified atom stereocenters. The molecular weight excluding hydrogens is 218 g/mol. The van der Waals surface area contributed by atoms with Gasteiger partial charge in [0.1, 0.15) is 5.75 Å². The number of para-hydroxylation sites is 1. The zero-order chi connectivity index (χ0) is 12.7. The highest BCUT2D eigenvalue weighted by atomic mass is 16.5. The Bertz CT molecular complexity index is 330. The second kappa shape index (κ2) is 7.27. The van der Waals surface area contributed by atoms with Gasteiger partial charge in [-0.15, -0.1) is 0 Å². The Morgan fingerprint density at radius 2 is 2.06 bits per heavy atom. The summed E-state index contributed by atoms with van der Waals surface area (Å²) >= 11 is 0. The fourth-order valence-electron chi connectivity index (χ4n) is 1.61. The van der Waals surface area contributed by atoms with E-state index < -0.39 is 6.10 Å². The van der Waals surface area contributed by atoms with Crippen molar-refractivity contribution in [3.8, 4) is 5.75 Å². The highest BCUT2D eigenvalue weighted by Crippen LogP contribution is 2.24. The van der Waals surface area contributed by atoms with Crippen LogP contribution in [0.4, 0.5) is 0 Å². The molecule has 0 fully saturated rings. The first-order valence-electron chi connectivity index (χ1n) is 5.93. The predicted molar refractivity (Wildman–Crippen MR) is 67.1 cm³/mol. The van der Waals surface area contributed by atoms with Crippen molar-refractivity contribution < 1.29 is 14.9 Å². The van der Waals surface area contributed by atoms with Gasteiger partial charge in [-0.2, -0.15) is 0 Å². The summed E-state index contributed by atoms with van der Waals surface area (Å²) < 4.78 is 5.54. The van der Waals surface area contributed by atoms with E-state index >= 15 is 0 Å². The predicted octanol–water partition coefficient (Wildman–Crippen LogP) is 1.09. The average molecular weight is 239 g/mol. The number of ether oxygens (including phenoxy) is 1. The van der Waals surface area contributed by atoms with Gasteiger partial charge in [0.15, 0.2) is 0 Å². The molecule has 1 aromatic carbocycles. The lowest BCUT2D eigenvalue weighted by atomic mass is 10.1. The molecule has 0 aromatic heterocycles. The summed E-state index contributed by atoms with van der Waals surface area (Å²) in [6, 6.07) is 7.88. The molecule has 0 radical (unpaired) electrons. The van der Waals surface area contributed by atoms with Gasteiger partial charge in [0.05, 0.1) is 19.3 Å². The lowest BCUT2D eigenvalue weighted by molar-refractivity contribution is 0.0923. The molecule has 0 aliphatic carbocycles. The van der Waals surface area contributed by atoms with Crippen LogP contribution in [-0.2, 0) is 0 Å². The number of benzene rings is 1. The van der Waals surface area contributed by atoms with Gasteiger partial charge in [-0.05, 0) is 19.9 Å². The van der Waals surface area contributed by atoms with E-state index in [4.69, 9.17) is 9.84 Å². The standard InChI is InChI=1S/C13H21NO3/c1-3-17-13-7-5-4-6-12(13)10(2)14-8-11(16)9-15/h4-7,10-11,14-16H,3,8-9H2,1-2H3. The minimum absolute atomic E-state index is 0.0685. The van der Waals surface area contributed by atoms with Crippen molar-refractivity contribution in [3.05, 3.63) is 29.8 Å². The Labute approximate surface area is 102 Å². The second-order valence-electron chi connectivity index (χ2n) is 3.94. The molecule has 0 heterocycles. The number of nitrogens with one attached hydrogen (secondary N) is 1. The summed E-state index contributed by atoms with van der Waals surface area (Å²) in [4.78, 5) is 0. The largest absolute Gasteiger partial charge is 0.494 e. The van der Waals surface area contributed by atoms with Crippen LogP contribution in [0.25, 0.3) is 0 Å². The van der Waals surface area contributed by atoms with Gasteiger partial charge in [-0.1, -0.05) is 18.2 Å². The average Bonchev–Trinajstić information content (AvgIpc) is 2.36. The highest BCUT2D eigenvalue weighted by Gasteiger charge is 2.12. The zero-order valence-electron chi connectivity index (χ0n) is 10.4. The van der Waals surface area contributed by atoms with Gasteiger partial charge in [0.2, 0.25) is 0 Å². The van der Waals surface area contributed by atoms with E-state index in [1.165, 1.54) is 0 Å². The van der Waals surface area contributed by atoms with E-state index in [2.05, 4.69) is 5.32 Å². The first-order chi connectivity index (χ1) is 8.19. The van der Waals surface area contributed by atoms with Gasteiger partial charge in [-0.3, -0.25) is 0 Å². The summed E-state index contributed by atoms with van der Waals surface area (Å²) in [5, 5.41) is 21.2. The molecular formula is C13H21NO3. The summed E-state index contributed by atoms with van der Waals surface area (Å²) in [5.74, 6) is 0.855. The molecule has 0 amide bonds. The van der Waals surface area contributed by atoms with Crippen molar-refractivity contribution in [1.29, 1.82) is 0 Å². The number of aliphatic hydroxyl groups excluding tert-OH is 2. The lowest BCUT2D eigenvalue weighted by Crippen LogP contribution is -2.31. The quantitative estimate of drug-likeness (QED) is 0.666. The van der Waals surface area contributed by atoms with Gasteiger partial charge in [0.25, 0.3) is 0 Å². The molecule has 0 saturated carbocycles. The monoisotopic (exact) mass is 239 g/mol. The van der Waals surface area contributed by atoms with Crippen LogP contribution in [-0.4, -0.2) is 36.1 Å². The van der Waals surface area contributed by atoms with Crippen LogP contribution in [0.1, 0.15) is 25.5 Å². The maximum absolute atomic E-state index is 9.28. The fraction of sp³-hybridized carbons (Fsp3) is 0.538. The molecule has 4 nitrogen and oxygen atoms in total. The maximum atomic E-state index is 9.28. The number of hydrogen-bond donors (Lipinski definition) is 3. The first kappa shape index (κ1) is 14.0. The van der Waals surface area contributed by atoms with E-state index in [1.54, 1.807) is 0 Å². The van der Waals surface area contributed by atoms with Gasteiger partial charge in [-0.25, -0.2) is 0 Å². The van der Waals surface area contributed by atoms with Crippen molar-refractivity contribution in [2.24, 2.45) is 0 Å². The van der Waals surface area contributed by atoms with Crippen molar-refractivity contribution >= 4 is 0 Å². The van der Waals surface area contributed by atoms with E-state index in [1.807, 2.05) is 38.1 Å². The van der Waals surface area contributed by atoms with Crippen molar-refractivity contribution in [1.82, 2.24) is 5.32 Å². The molecule has 0 spiro atoms. The second-order valence-corrected chi connectivity index (χ2v) is 3.94. The third kappa shape index (κ3) is 4.34. The molecule has 0 saturated heterocycles. The van der Waals surface area contributed by atoms with Crippen LogP contribution in [0.3, 0.4) is 0 Å². The molecule has 4 heteroatoms. The third-order valence-corrected chi connectivity index (χ3v) is 2.56. The van der Waals surface area contributed by atoms with Gasteiger partial charge < -0.3 is 20.3 Å². The number of hydrogen-bond acceptors (Lipinski definition) is 4.